The van der Waals surface area contributed by atoms with Gasteiger partial charge in [0, 0.05) is 26.6 Å². The standard InChI is InChI=1S/C14H21NO2.C14H22.CH4O/c16-14-7-2-1-5-13(14)6-3-4-8-15-9-11-17-12-10-15;1-3-4-8-13(2)9-7-12-14-10-5-6-11-14;1-2/h1-2,5,7,16H,3-4,6,8-12H2;7,12-14H,5-6,8-11H2,1-2H3;2H,1H3/b;12-7+;. The van der Waals surface area contributed by atoms with Gasteiger partial charge in [-0.2, -0.15) is 0 Å². The number of rotatable bonds is 9. The van der Waals surface area contributed by atoms with E-state index in [9.17, 15) is 5.11 Å². The van der Waals surface area contributed by atoms with Gasteiger partial charge < -0.3 is 14.9 Å². The quantitative estimate of drug-likeness (QED) is 0.278. The van der Waals surface area contributed by atoms with Crippen LogP contribution in [0.2, 0.25) is 0 Å². The molecule has 4 heteroatoms. The van der Waals surface area contributed by atoms with Gasteiger partial charge in [0.15, 0.2) is 0 Å². The number of para-hydroxylation sites is 1. The number of nitrogens with zero attached hydrogens (tertiary/aromatic N) is 1. The van der Waals surface area contributed by atoms with Crippen LogP contribution in [0.4, 0.5) is 0 Å². The van der Waals surface area contributed by atoms with Gasteiger partial charge in [-0.25, -0.2) is 0 Å². The number of ether oxygens (including phenoxy) is 1. The highest BCUT2D eigenvalue weighted by Crippen LogP contribution is 2.26. The van der Waals surface area contributed by atoms with Gasteiger partial charge in [-0.3, -0.25) is 4.90 Å². The Labute approximate surface area is 203 Å². The van der Waals surface area contributed by atoms with E-state index in [2.05, 4.69) is 35.8 Å². The van der Waals surface area contributed by atoms with Crippen LogP contribution < -0.4 is 0 Å². The molecule has 2 aliphatic rings. The smallest absolute Gasteiger partial charge is 0.118 e. The first kappa shape index (κ1) is 29.2. The molecule has 1 aromatic rings. The Bertz CT molecular complexity index is 680. The molecule has 1 unspecified atom stereocenters. The lowest BCUT2D eigenvalue weighted by molar-refractivity contribution is 0.0372. The highest BCUT2D eigenvalue weighted by Gasteiger charge is 2.11. The molecule has 0 bridgehead atoms. The van der Waals surface area contributed by atoms with Gasteiger partial charge >= 0.3 is 0 Å². The lowest BCUT2D eigenvalue weighted by Crippen LogP contribution is -2.36. The summed E-state index contributed by atoms with van der Waals surface area (Å²) in [5, 5.41) is 16.6. The van der Waals surface area contributed by atoms with Crippen LogP contribution in [0.25, 0.3) is 0 Å². The van der Waals surface area contributed by atoms with E-state index in [1.165, 1.54) is 38.5 Å². The predicted octanol–water partition coefficient (Wildman–Crippen LogP) is 5.83. The minimum Gasteiger partial charge on any atom is -0.508 e. The number of allylic oxidation sites excluding steroid dienone is 2. The Morgan fingerprint density at radius 2 is 1.82 bits per heavy atom. The highest BCUT2D eigenvalue weighted by molar-refractivity contribution is 5.31. The zero-order valence-electron chi connectivity index (χ0n) is 21.3. The number of aliphatic hydroxyl groups is 1. The molecular weight excluding hydrogens is 410 g/mol. The van der Waals surface area contributed by atoms with Crippen LogP contribution in [0, 0.1) is 23.7 Å². The first-order valence-corrected chi connectivity index (χ1v) is 12.8. The van der Waals surface area contributed by atoms with Crippen LogP contribution in [0.3, 0.4) is 0 Å². The Morgan fingerprint density at radius 1 is 1.12 bits per heavy atom. The lowest BCUT2D eigenvalue weighted by Gasteiger charge is -2.26. The zero-order valence-corrected chi connectivity index (χ0v) is 21.3. The van der Waals surface area contributed by atoms with Crippen LogP contribution in [0.5, 0.6) is 5.75 Å². The molecule has 1 aliphatic heterocycles. The highest BCUT2D eigenvalue weighted by atomic mass is 16.5. The maximum Gasteiger partial charge on any atom is 0.118 e. The monoisotopic (exact) mass is 457 g/mol. The van der Waals surface area contributed by atoms with Crippen molar-refractivity contribution in [2.45, 2.75) is 71.6 Å². The summed E-state index contributed by atoms with van der Waals surface area (Å²) in [7, 11) is 1.00. The molecule has 1 saturated heterocycles. The number of benzene rings is 1. The molecular formula is C29H47NO3. The summed E-state index contributed by atoms with van der Waals surface area (Å²) in [6.07, 6.45) is 16.1. The van der Waals surface area contributed by atoms with Crippen LogP contribution in [-0.2, 0) is 11.2 Å². The van der Waals surface area contributed by atoms with Gasteiger partial charge in [0.2, 0.25) is 0 Å². The number of aryl methyl sites for hydroxylation is 1. The molecule has 2 N–H and O–H groups in total. The molecule has 2 fully saturated rings. The third-order valence-corrected chi connectivity index (χ3v) is 6.24. The third kappa shape index (κ3) is 14.1. The molecule has 4 nitrogen and oxygen atoms in total. The number of hydrogen-bond acceptors (Lipinski definition) is 4. The molecule has 0 aromatic heterocycles. The average Bonchev–Trinajstić information content (AvgIpc) is 3.37. The Kier molecular flexibility index (Phi) is 17.4. The van der Waals surface area contributed by atoms with Crippen molar-refractivity contribution in [3.05, 3.63) is 42.0 Å². The summed E-state index contributed by atoms with van der Waals surface area (Å²) in [4.78, 5) is 2.45. The zero-order chi connectivity index (χ0) is 24.2. The second kappa shape index (κ2) is 19.6. The number of phenolic OH excluding ortho intramolecular Hbond substituents is 1. The maximum atomic E-state index is 9.63. The second-order valence-corrected chi connectivity index (χ2v) is 8.98. The Hall–Kier alpha value is -1.80. The minimum absolute atomic E-state index is 0.430. The van der Waals surface area contributed by atoms with Gasteiger partial charge in [-0.1, -0.05) is 50.1 Å². The summed E-state index contributed by atoms with van der Waals surface area (Å²) < 4.78 is 5.32. The van der Waals surface area contributed by atoms with Crippen molar-refractivity contribution in [3.8, 4) is 17.6 Å². The molecule has 0 spiro atoms. The predicted molar refractivity (Wildman–Crippen MR) is 139 cm³/mol. The van der Waals surface area contributed by atoms with Crippen molar-refractivity contribution in [1.82, 2.24) is 4.90 Å². The van der Waals surface area contributed by atoms with Gasteiger partial charge in [0.1, 0.15) is 5.75 Å². The Balaban J connectivity index is 0.000000313. The summed E-state index contributed by atoms with van der Waals surface area (Å²) in [6, 6.07) is 7.62. The number of phenols is 1. The van der Waals surface area contributed by atoms with Crippen molar-refractivity contribution in [1.29, 1.82) is 0 Å². The topological polar surface area (TPSA) is 52.9 Å². The lowest BCUT2D eigenvalue weighted by atomic mass is 10.0. The number of hydrogen-bond donors (Lipinski definition) is 2. The molecule has 33 heavy (non-hydrogen) atoms. The summed E-state index contributed by atoms with van der Waals surface area (Å²) in [6.45, 7) is 9.23. The summed E-state index contributed by atoms with van der Waals surface area (Å²) in [5.41, 5.74) is 1.06. The summed E-state index contributed by atoms with van der Waals surface area (Å²) in [5.74, 6) is 8.14. The largest absolute Gasteiger partial charge is 0.508 e. The van der Waals surface area contributed by atoms with Crippen LogP contribution >= 0.6 is 0 Å². The SMILES string of the molecule is CC#CCC(C)C/C=C/C1CCCC1.CO.Oc1ccccc1CCCCN1CCOCC1. The Morgan fingerprint density at radius 3 is 2.48 bits per heavy atom. The van der Waals surface area contributed by atoms with E-state index in [0.717, 1.165) is 76.6 Å². The maximum absolute atomic E-state index is 9.63. The van der Waals surface area contributed by atoms with E-state index in [-0.39, 0.29) is 0 Å². The molecule has 0 amide bonds. The van der Waals surface area contributed by atoms with E-state index in [1.54, 1.807) is 6.07 Å². The van der Waals surface area contributed by atoms with E-state index in [1.807, 2.05) is 25.1 Å². The molecule has 3 rings (SSSR count). The number of aromatic hydroxyl groups is 1. The first-order chi connectivity index (χ1) is 16.2. The van der Waals surface area contributed by atoms with E-state index >= 15 is 0 Å². The molecule has 0 radical (unpaired) electrons. The van der Waals surface area contributed by atoms with Crippen molar-refractivity contribution in [2.75, 3.05) is 40.0 Å². The normalized spacial score (nSPS) is 17.3. The molecule has 1 saturated carbocycles. The fourth-order valence-corrected chi connectivity index (χ4v) is 4.21. The van der Waals surface area contributed by atoms with Gasteiger partial charge in [0.25, 0.3) is 0 Å². The third-order valence-electron chi connectivity index (χ3n) is 6.24. The molecule has 1 heterocycles. The number of aliphatic hydroxyl groups excluding tert-OH is 1. The molecule has 1 aromatic carbocycles. The van der Waals surface area contributed by atoms with Crippen molar-refractivity contribution in [2.24, 2.45) is 11.8 Å². The van der Waals surface area contributed by atoms with E-state index in [4.69, 9.17) is 9.84 Å². The van der Waals surface area contributed by atoms with Crippen molar-refractivity contribution in [3.63, 3.8) is 0 Å². The first-order valence-electron chi connectivity index (χ1n) is 12.8. The second-order valence-electron chi connectivity index (χ2n) is 8.98. The molecule has 186 valence electrons. The van der Waals surface area contributed by atoms with Crippen LogP contribution in [0.15, 0.2) is 36.4 Å². The van der Waals surface area contributed by atoms with Crippen molar-refractivity contribution < 1.29 is 14.9 Å². The van der Waals surface area contributed by atoms with Gasteiger partial charge in [-0.15, -0.1) is 11.8 Å². The number of unbranched alkanes of at least 4 members (excludes halogenated alkanes) is 1. The van der Waals surface area contributed by atoms with Crippen LogP contribution in [0.1, 0.15) is 70.8 Å². The minimum atomic E-state index is 0.430. The van der Waals surface area contributed by atoms with Crippen molar-refractivity contribution >= 4 is 0 Å². The number of morpholine rings is 1. The van der Waals surface area contributed by atoms with Crippen LogP contribution in [-0.4, -0.2) is 55.1 Å². The van der Waals surface area contributed by atoms with Gasteiger partial charge in [0.05, 0.1) is 13.2 Å². The summed E-state index contributed by atoms with van der Waals surface area (Å²) >= 11 is 0. The fourth-order valence-electron chi connectivity index (χ4n) is 4.21. The van der Waals surface area contributed by atoms with E-state index < -0.39 is 0 Å². The van der Waals surface area contributed by atoms with E-state index in [0.29, 0.717) is 5.75 Å². The molecule has 1 aliphatic carbocycles. The average molecular weight is 458 g/mol. The van der Waals surface area contributed by atoms with Gasteiger partial charge in [-0.05, 0) is 75.5 Å². The fraction of sp³-hybridized carbons (Fsp3) is 0.655. The molecule has 1 atom stereocenters.